The summed E-state index contributed by atoms with van der Waals surface area (Å²) in [5.74, 6) is 0. The molecule has 3 heteroatoms. The Morgan fingerprint density at radius 1 is 1.30 bits per heavy atom. The third-order valence-electron chi connectivity index (χ3n) is 0.817. The van der Waals surface area contributed by atoms with Crippen molar-refractivity contribution in [3.05, 3.63) is 10.9 Å². The normalized spacial score (nSPS) is 8.50. The van der Waals surface area contributed by atoms with Gasteiger partial charge in [-0.1, -0.05) is 13.8 Å². The molecule has 0 saturated heterocycles. The van der Waals surface area contributed by atoms with Crippen LogP contribution < -0.4 is 0 Å². The summed E-state index contributed by atoms with van der Waals surface area (Å²) >= 11 is 9.97. The largest absolute Gasteiger partial charge is 0.141 e. The van der Waals surface area contributed by atoms with Crippen LogP contribution in [0.4, 0.5) is 0 Å². The van der Waals surface area contributed by atoms with E-state index >= 15 is 0 Å². The van der Waals surface area contributed by atoms with Crippen molar-refractivity contribution < 1.29 is 0 Å². The first-order valence-corrected chi connectivity index (χ1v) is 4.89. The van der Waals surface area contributed by atoms with E-state index in [2.05, 4.69) is 25.3 Å². The highest BCUT2D eigenvalue weighted by Crippen LogP contribution is 2.27. The van der Waals surface area contributed by atoms with E-state index < -0.39 is 0 Å². The van der Waals surface area contributed by atoms with Gasteiger partial charge in [-0.25, -0.2) is 0 Å². The fourth-order valence-corrected chi connectivity index (χ4v) is 2.05. The van der Waals surface area contributed by atoms with E-state index in [-0.39, 0.29) is 0 Å². The molecule has 1 aromatic heterocycles. The molecule has 0 atom stereocenters. The van der Waals surface area contributed by atoms with Crippen LogP contribution in [-0.4, -0.2) is 0 Å². The van der Waals surface area contributed by atoms with Crippen molar-refractivity contribution in [2.24, 2.45) is 0 Å². The zero-order valence-electron chi connectivity index (χ0n) is 6.38. The van der Waals surface area contributed by atoms with Crippen LogP contribution in [0.1, 0.15) is 18.7 Å². The Morgan fingerprint density at radius 2 is 1.80 bits per heavy atom. The molecule has 0 amide bonds. The summed E-state index contributed by atoms with van der Waals surface area (Å²) in [6.07, 6.45) is 0. The molecule has 0 fully saturated rings. The molecule has 0 bridgehead atoms. The smallest absolute Gasteiger partial charge is 0.0704 e. The minimum atomic E-state index is 0.982. The number of rotatable bonds is 0. The molecule has 0 aliphatic carbocycles. The van der Waals surface area contributed by atoms with Crippen LogP contribution in [0.25, 0.3) is 0 Å². The summed E-state index contributed by atoms with van der Waals surface area (Å²) in [6, 6.07) is 2.01. The van der Waals surface area contributed by atoms with E-state index in [1.165, 1.54) is 4.88 Å². The second kappa shape index (κ2) is 5.10. The molecule has 1 aromatic rings. The SMILES string of the molecule is CC.Cc1cc(S)c(S)s1. The summed E-state index contributed by atoms with van der Waals surface area (Å²) in [4.78, 5) is 2.25. The first kappa shape index (κ1) is 10.4. The third kappa shape index (κ3) is 2.99. The second-order valence-corrected chi connectivity index (χ2v) is 4.04. The van der Waals surface area contributed by atoms with Crippen molar-refractivity contribution in [2.45, 2.75) is 29.9 Å². The predicted octanol–water partition coefficient (Wildman–Crippen LogP) is 3.66. The molecule has 1 heterocycles. The lowest BCUT2D eigenvalue weighted by atomic mass is 10.5. The lowest BCUT2D eigenvalue weighted by molar-refractivity contribution is 1.41. The molecule has 10 heavy (non-hydrogen) atoms. The molecular weight excluding hydrogens is 180 g/mol. The van der Waals surface area contributed by atoms with Gasteiger partial charge in [0.2, 0.25) is 0 Å². The van der Waals surface area contributed by atoms with Crippen molar-refractivity contribution in [1.29, 1.82) is 0 Å². The van der Waals surface area contributed by atoms with Gasteiger partial charge in [-0.15, -0.1) is 36.6 Å². The summed E-state index contributed by atoms with van der Waals surface area (Å²) < 4.78 is 1.01. The van der Waals surface area contributed by atoms with E-state index in [4.69, 9.17) is 0 Å². The van der Waals surface area contributed by atoms with Crippen molar-refractivity contribution in [2.75, 3.05) is 0 Å². The van der Waals surface area contributed by atoms with Crippen molar-refractivity contribution in [3.8, 4) is 0 Å². The topological polar surface area (TPSA) is 0 Å². The fourth-order valence-electron chi connectivity index (χ4n) is 0.489. The number of hydrogen-bond acceptors (Lipinski definition) is 3. The van der Waals surface area contributed by atoms with Gasteiger partial charge in [0, 0.05) is 9.77 Å². The number of thiol groups is 2. The predicted molar refractivity (Wildman–Crippen MR) is 54.9 cm³/mol. The molecule has 0 radical (unpaired) electrons. The molecule has 58 valence electrons. The average Bonchev–Trinajstić information content (AvgIpc) is 2.16. The minimum absolute atomic E-state index is 0.982. The molecule has 1 rings (SSSR count). The van der Waals surface area contributed by atoms with Gasteiger partial charge < -0.3 is 0 Å². The molecule has 0 aliphatic heterocycles. The van der Waals surface area contributed by atoms with Crippen LogP contribution in [0.5, 0.6) is 0 Å². The molecule has 0 unspecified atom stereocenters. The first-order valence-electron chi connectivity index (χ1n) is 3.18. The summed E-state index contributed by atoms with van der Waals surface area (Å²) in [7, 11) is 0. The zero-order chi connectivity index (χ0) is 8.15. The number of thiophene rings is 1. The number of aryl methyl sites for hydroxylation is 1. The zero-order valence-corrected chi connectivity index (χ0v) is 8.99. The van der Waals surface area contributed by atoms with Crippen LogP contribution in [-0.2, 0) is 0 Å². The monoisotopic (exact) mass is 192 g/mol. The minimum Gasteiger partial charge on any atom is -0.141 e. The lowest BCUT2D eigenvalue weighted by Crippen LogP contribution is -1.50. The lowest BCUT2D eigenvalue weighted by Gasteiger charge is -1.77. The summed E-state index contributed by atoms with van der Waals surface area (Å²) in [5.41, 5.74) is 0. The van der Waals surface area contributed by atoms with Crippen molar-refractivity contribution in [1.82, 2.24) is 0 Å². The van der Waals surface area contributed by atoms with Gasteiger partial charge in [0.1, 0.15) is 0 Å². The molecule has 0 nitrogen and oxygen atoms in total. The quantitative estimate of drug-likeness (QED) is 0.576. The maximum atomic E-state index is 4.16. The highest BCUT2D eigenvalue weighted by atomic mass is 32.2. The Kier molecular flexibility index (Phi) is 5.31. The van der Waals surface area contributed by atoms with E-state index in [1.807, 2.05) is 26.8 Å². The van der Waals surface area contributed by atoms with Gasteiger partial charge in [-0.2, -0.15) is 0 Å². The Labute approximate surface area is 77.5 Å². The van der Waals surface area contributed by atoms with Gasteiger partial charge in [0.15, 0.2) is 0 Å². The van der Waals surface area contributed by atoms with Gasteiger partial charge in [-0.05, 0) is 13.0 Å². The van der Waals surface area contributed by atoms with Crippen LogP contribution >= 0.6 is 36.6 Å². The van der Waals surface area contributed by atoms with Gasteiger partial charge in [0.25, 0.3) is 0 Å². The number of hydrogen-bond donors (Lipinski definition) is 2. The van der Waals surface area contributed by atoms with E-state index in [0.717, 1.165) is 9.10 Å². The standard InChI is InChI=1S/C5H6S3.C2H6/c1-3-2-4(6)5(7)8-3;1-2/h2,6-7H,1H3;1-2H3. The van der Waals surface area contributed by atoms with Crippen molar-refractivity contribution in [3.63, 3.8) is 0 Å². The molecule has 0 aromatic carbocycles. The average molecular weight is 192 g/mol. The highest BCUT2D eigenvalue weighted by molar-refractivity contribution is 7.85. The Balaban J connectivity index is 0.000000371. The summed E-state index contributed by atoms with van der Waals surface area (Å²) in [6.45, 7) is 6.05. The van der Waals surface area contributed by atoms with Crippen LogP contribution in [0.15, 0.2) is 15.2 Å². The Morgan fingerprint density at radius 3 is 1.90 bits per heavy atom. The fraction of sp³-hybridized carbons (Fsp3) is 0.429. The second-order valence-electron chi connectivity index (χ2n) is 1.55. The Hall–Kier alpha value is 0.400. The van der Waals surface area contributed by atoms with E-state index in [9.17, 15) is 0 Å². The van der Waals surface area contributed by atoms with Gasteiger partial charge in [-0.3, -0.25) is 0 Å². The van der Waals surface area contributed by atoms with Crippen LogP contribution in [0, 0.1) is 6.92 Å². The van der Waals surface area contributed by atoms with Crippen LogP contribution in [0.3, 0.4) is 0 Å². The Bertz CT molecular complexity index is 171. The highest BCUT2D eigenvalue weighted by Gasteiger charge is 1.95. The first-order chi connectivity index (χ1) is 4.70. The maximum absolute atomic E-state index is 4.16. The van der Waals surface area contributed by atoms with Gasteiger partial charge in [0.05, 0.1) is 4.21 Å². The maximum Gasteiger partial charge on any atom is 0.0704 e. The molecule has 0 N–H and O–H groups in total. The molecule has 0 spiro atoms. The molecular formula is C7H12S3. The molecule has 0 aliphatic rings. The third-order valence-corrected chi connectivity index (χ3v) is 2.86. The molecule has 0 saturated carbocycles. The van der Waals surface area contributed by atoms with Gasteiger partial charge >= 0.3 is 0 Å². The van der Waals surface area contributed by atoms with E-state index in [1.54, 1.807) is 11.3 Å². The van der Waals surface area contributed by atoms with Crippen LogP contribution in [0.2, 0.25) is 0 Å². The summed E-state index contributed by atoms with van der Waals surface area (Å²) in [5, 5.41) is 0. The van der Waals surface area contributed by atoms with E-state index in [0.29, 0.717) is 0 Å². The van der Waals surface area contributed by atoms with Crippen molar-refractivity contribution >= 4 is 36.6 Å².